The molecule has 2 aromatic rings. The minimum absolute atomic E-state index is 0.190. The number of aryl methyl sites for hydroxylation is 1. The van der Waals surface area contributed by atoms with Crippen LogP contribution in [0, 0.1) is 0 Å². The smallest absolute Gasteiger partial charge is 0.339 e. The van der Waals surface area contributed by atoms with Crippen LogP contribution >= 0.6 is 15.9 Å². The standard InChI is InChI=1S/C11H9BrF3N3O2S/c1-18-5-10(16-6-18)21(19,20)17-9-4-7(11(13,14)15)2-3-8(9)12/h2-6,17H,1H3. The average Bonchev–Trinajstić information content (AvgIpc) is 2.78. The number of rotatable bonds is 3. The second-order valence-corrected chi connectivity index (χ2v) is 6.66. The molecule has 0 bridgehead atoms. The van der Waals surface area contributed by atoms with Gasteiger partial charge in [0.15, 0.2) is 5.03 Å². The van der Waals surface area contributed by atoms with Gasteiger partial charge >= 0.3 is 6.18 Å². The molecule has 0 radical (unpaired) electrons. The predicted molar refractivity (Wildman–Crippen MR) is 73.2 cm³/mol. The topological polar surface area (TPSA) is 64.0 Å². The van der Waals surface area contributed by atoms with E-state index < -0.39 is 21.8 Å². The van der Waals surface area contributed by atoms with Gasteiger partial charge in [-0.1, -0.05) is 0 Å². The zero-order chi connectivity index (χ0) is 15.8. The molecule has 114 valence electrons. The van der Waals surface area contributed by atoms with E-state index in [2.05, 4.69) is 25.6 Å². The number of hydrogen-bond donors (Lipinski definition) is 1. The van der Waals surface area contributed by atoms with Crippen LogP contribution in [0.5, 0.6) is 0 Å². The number of anilines is 1. The van der Waals surface area contributed by atoms with E-state index in [4.69, 9.17) is 0 Å². The average molecular weight is 384 g/mol. The van der Waals surface area contributed by atoms with Crippen molar-refractivity contribution in [1.29, 1.82) is 0 Å². The number of imidazole rings is 1. The summed E-state index contributed by atoms with van der Waals surface area (Å²) in [5.41, 5.74) is -1.17. The summed E-state index contributed by atoms with van der Waals surface area (Å²) in [6.45, 7) is 0. The summed E-state index contributed by atoms with van der Waals surface area (Å²) >= 11 is 3.01. The maximum absolute atomic E-state index is 12.7. The molecule has 2 rings (SSSR count). The molecule has 0 aliphatic rings. The Labute approximate surface area is 127 Å². The molecular weight excluding hydrogens is 375 g/mol. The molecule has 0 aliphatic heterocycles. The van der Waals surface area contributed by atoms with Gasteiger partial charge in [-0.3, -0.25) is 4.72 Å². The van der Waals surface area contributed by atoms with Crippen LogP contribution in [0.2, 0.25) is 0 Å². The first kappa shape index (κ1) is 15.8. The Balaban J connectivity index is 2.39. The van der Waals surface area contributed by atoms with Crippen LogP contribution in [0.25, 0.3) is 0 Å². The number of alkyl halides is 3. The highest BCUT2D eigenvalue weighted by molar-refractivity contribution is 9.10. The molecule has 1 N–H and O–H groups in total. The molecule has 0 amide bonds. The first-order valence-electron chi connectivity index (χ1n) is 5.47. The highest BCUT2D eigenvalue weighted by Gasteiger charge is 2.31. The van der Waals surface area contributed by atoms with Crippen molar-refractivity contribution in [3.05, 3.63) is 40.8 Å². The van der Waals surface area contributed by atoms with E-state index in [0.29, 0.717) is 6.07 Å². The van der Waals surface area contributed by atoms with Crippen LogP contribution in [-0.2, 0) is 23.2 Å². The summed E-state index contributed by atoms with van der Waals surface area (Å²) in [6.07, 6.45) is -2.05. The first-order chi connectivity index (χ1) is 9.59. The van der Waals surface area contributed by atoms with Crippen LogP contribution in [-0.4, -0.2) is 18.0 Å². The van der Waals surface area contributed by atoms with E-state index >= 15 is 0 Å². The molecule has 0 unspecified atom stereocenters. The van der Waals surface area contributed by atoms with Crippen molar-refractivity contribution in [3.63, 3.8) is 0 Å². The predicted octanol–water partition coefficient (Wildman–Crippen LogP) is 3.00. The Morgan fingerprint density at radius 3 is 2.52 bits per heavy atom. The molecule has 0 saturated heterocycles. The number of nitrogens with zero attached hydrogens (tertiary/aromatic N) is 2. The number of benzene rings is 1. The number of nitrogens with one attached hydrogen (secondary N) is 1. The van der Waals surface area contributed by atoms with Gasteiger partial charge < -0.3 is 4.57 Å². The molecule has 5 nitrogen and oxygen atoms in total. The lowest BCUT2D eigenvalue weighted by Crippen LogP contribution is -2.15. The maximum Gasteiger partial charge on any atom is 0.416 e. The van der Waals surface area contributed by atoms with Gasteiger partial charge in [-0.05, 0) is 34.1 Å². The zero-order valence-electron chi connectivity index (χ0n) is 10.5. The summed E-state index contributed by atoms with van der Waals surface area (Å²) in [5, 5.41) is -0.283. The fourth-order valence-corrected chi connectivity index (χ4v) is 3.04. The molecule has 1 aromatic carbocycles. The third-order valence-electron chi connectivity index (χ3n) is 2.49. The molecule has 0 saturated carbocycles. The normalized spacial score (nSPS) is 12.4. The van der Waals surface area contributed by atoms with E-state index in [0.717, 1.165) is 12.1 Å². The van der Waals surface area contributed by atoms with E-state index in [-0.39, 0.29) is 15.2 Å². The lowest BCUT2D eigenvalue weighted by Gasteiger charge is -2.12. The maximum atomic E-state index is 12.7. The van der Waals surface area contributed by atoms with Gasteiger partial charge in [-0.2, -0.15) is 21.6 Å². The highest BCUT2D eigenvalue weighted by atomic mass is 79.9. The van der Waals surface area contributed by atoms with Crippen molar-refractivity contribution in [3.8, 4) is 0 Å². The molecule has 0 aliphatic carbocycles. The van der Waals surface area contributed by atoms with Gasteiger partial charge in [0.25, 0.3) is 10.0 Å². The minimum Gasteiger partial charge on any atom is -0.339 e. The number of aromatic nitrogens is 2. The summed E-state index contributed by atoms with van der Waals surface area (Å²) in [4.78, 5) is 3.66. The van der Waals surface area contributed by atoms with E-state index in [1.54, 1.807) is 7.05 Å². The molecule has 10 heteroatoms. The van der Waals surface area contributed by atoms with Crippen molar-refractivity contribution >= 4 is 31.6 Å². The highest BCUT2D eigenvalue weighted by Crippen LogP contribution is 2.34. The molecular formula is C11H9BrF3N3O2S. The molecule has 21 heavy (non-hydrogen) atoms. The Morgan fingerprint density at radius 2 is 2.00 bits per heavy atom. The third-order valence-corrected chi connectivity index (χ3v) is 4.44. The van der Waals surface area contributed by atoms with Gasteiger partial charge in [0, 0.05) is 17.7 Å². The first-order valence-corrected chi connectivity index (χ1v) is 7.75. The molecule has 0 atom stereocenters. The van der Waals surface area contributed by atoms with Crippen LogP contribution in [0.15, 0.2) is 40.2 Å². The molecule has 0 fully saturated rings. The molecule has 1 heterocycles. The van der Waals surface area contributed by atoms with E-state index in [9.17, 15) is 21.6 Å². The Bertz CT molecular complexity index is 771. The second-order valence-electron chi connectivity index (χ2n) is 4.18. The number of sulfonamides is 1. The van der Waals surface area contributed by atoms with Crippen molar-refractivity contribution in [2.24, 2.45) is 7.05 Å². The Morgan fingerprint density at radius 1 is 1.33 bits per heavy atom. The summed E-state index contributed by atoms with van der Waals surface area (Å²) in [5.74, 6) is 0. The van der Waals surface area contributed by atoms with Gasteiger partial charge in [0.2, 0.25) is 0 Å². The lowest BCUT2D eigenvalue weighted by atomic mass is 10.2. The van der Waals surface area contributed by atoms with E-state index in [1.807, 2.05) is 0 Å². The molecule has 1 aromatic heterocycles. The van der Waals surface area contributed by atoms with Crippen molar-refractivity contribution in [2.75, 3.05) is 4.72 Å². The summed E-state index contributed by atoms with van der Waals surface area (Å²) < 4.78 is 65.7. The van der Waals surface area contributed by atoms with Gasteiger partial charge in [-0.15, -0.1) is 0 Å². The Hall–Kier alpha value is -1.55. The van der Waals surface area contributed by atoms with Crippen LogP contribution in [0.4, 0.5) is 18.9 Å². The largest absolute Gasteiger partial charge is 0.416 e. The SMILES string of the molecule is Cn1cnc(S(=O)(=O)Nc2cc(C(F)(F)F)ccc2Br)c1. The Kier molecular flexibility index (Phi) is 4.02. The van der Waals surface area contributed by atoms with Gasteiger partial charge in [-0.25, -0.2) is 4.98 Å². The van der Waals surface area contributed by atoms with Crippen LogP contribution in [0.3, 0.4) is 0 Å². The fraction of sp³-hybridized carbons (Fsp3) is 0.182. The second kappa shape index (κ2) is 5.34. The van der Waals surface area contributed by atoms with Crippen LogP contribution in [0.1, 0.15) is 5.56 Å². The van der Waals surface area contributed by atoms with Crippen molar-refractivity contribution < 1.29 is 21.6 Å². The van der Waals surface area contributed by atoms with Crippen LogP contribution < -0.4 is 4.72 Å². The number of hydrogen-bond acceptors (Lipinski definition) is 3. The van der Waals surface area contributed by atoms with Gasteiger partial charge in [0.05, 0.1) is 17.6 Å². The molecule has 0 spiro atoms. The lowest BCUT2D eigenvalue weighted by molar-refractivity contribution is -0.137. The quantitative estimate of drug-likeness (QED) is 0.885. The van der Waals surface area contributed by atoms with Crippen molar-refractivity contribution in [1.82, 2.24) is 9.55 Å². The summed E-state index contributed by atoms with van der Waals surface area (Å²) in [6, 6.07) is 2.69. The third kappa shape index (κ3) is 3.56. The van der Waals surface area contributed by atoms with E-state index in [1.165, 1.54) is 17.1 Å². The minimum atomic E-state index is -4.56. The monoisotopic (exact) mass is 383 g/mol. The number of halogens is 4. The fourth-order valence-electron chi connectivity index (χ4n) is 1.50. The van der Waals surface area contributed by atoms with Gasteiger partial charge in [0.1, 0.15) is 0 Å². The zero-order valence-corrected chi connectivity index (χ0v) is 12.9. The van der Waals surface area contributed by atoms with Crippen molar-refractivity contribution in [2.45, 2.75) is 11.2 Å². The summed E-state index contributed by atoms with van der Waals surface area (Å²) in [7, 11) is -2.48.